The fraction of sp³-hybridized carbons (Fsp3) is 0.438. The Morgan fingerprint density at radius 3 is 2.73 bits per heavy atom. The topological polar surface area (TPSA) is 88.2 Å². The number of aliphatic hydroxyl groups excluding tert-OH is 1. The van der Waals surface area contributed by atoms with E-state index < -0.39 is 6.10 Å². The molecule has 1 atom stereocenters. The van der Waals surface area contributed by atoms with Gasteiger partial charge in [-0.05, 0) is 31.4 Å². The van der Waals surface area contributed by atoms with Crippen molar-refractivity contribution < 1.29 is 14.4 Å². The smallest absolute Gasteiger partial charge is 0.258 e. The molecule has 6 nitrogen and oxygen atoms in total. The van der Waals surface area contributed by atoms with Crippen molar-refractivity contribution in [2.75, 3.05) is 6.54 Å². The molecule has 0 radical (unpaired) electrons. The van der Waals surface area contributed by atoms with Crippen molar-refractivity contribution in [2.45, 2.75) is 33.3 Å². The van der Waals surface area contributed by atoms with Gasteiger partial charge in [0.15, 0.2) is 5.82 Å². The normalized spacial score (nSPS) is 12.4. The predicted octanol–water partition coefficient (Wildman–Crippen LogP) is 2.18. The molecule has 0 fully saturated rings. The molecule has 2 N–H and O–H groups in total. The highest BCUT2D eigenvalue weighted by Crippen LogP contribution is 2.21. The average molecular weight is 303 g/mol. The number of benzene rings is 1. The van der Waals surface area contributed by atoms with Crippen molar-refractivity contribution in [3.05, 3.63) is 35.7 Å². The number of aryl methyl sites for hydroxylation is 1. The highest BCUT2D eigenvalue weighted by atomic mass is 16.5. The van der Waals surface area contributed by atoms with E-state index >= 15 is 0 Å². The van der Waals surface area contributed by atoms with E-state index in [9.17, 15) is 9.90 Å². The summed E-state index contributed by atoms with van der Waals surface area (Å²) in [6.07, 6.45) is 0.0897. The van der Waals surface area contributed by atoms with Gasteiger partial charge in [-0.15, -0.1) is 0 Å². The second-order valence-electron chi connectivity index (χ2n) is 5.69. The lowest BCUT2D eigenvalue weighted by Gasteiger charge is -2.14. The van der Waals surface area contributed by atoms with Gasteiger partial charge in [-0.25, -0.2) is 0 Å². The summed E-state index contributed by atoms with van der Waals surface area (Å²) in [5.74, 6) is 0.929. The van der Waals surface area contributed by atoms with Gasteiger partial charge in [-0.1, -0.05) is 31.1 Å². The number of carbonyl (C=O) groups excluding carboxylic acids is 1. The van der Waals surface area contributed by atoms with Gasteiger partial charge in [-0.3, -0.25) is 4.79 Å². The summed E-state index contributed by atoms with van der Waals surface area (Å²) in [6, 6.07) is 7.02. The molecular formula is C16H21N3O3. The molecule has 1 aromatic heterocycles. The molecule has 1 aromatic carbocycles. The maximum absolute atomic E-state index is 12.3. The second kappa shape index (κ2) is 7.17. The van der Waals surface area contributed by atoms with E-state index in [0.717, 1.165) is 0 Å². The molecule has 6 heteroatoms. The summed E-state index contributed by atoms with van der Waals surface area (Å²) < 4.78 is 5.13. The average Bonchev–Trinajstić information content (AvgIpc) is 2.90. The Kier molecular flexibility index (Phi) is 5.27. The maximum atomic E-state index is 12.3. The SMILES string of the molecule is Cc1noc(-c2ccccc2C(=O)NCC(O)CC(C)C)n1. The van der Waals surface area contributed by atoms with Gasteiger partial charge in [0.05, 0.1) is 17.2 Å². The molecule has 0 saturated carbocycles. The van der Waals surface area contributed by atoms with Crippen LogP contribution in [0.5, 0.6) is 0 Å². The van der Waals surface area contributed by atoms with Gasteiger partial charge in [0.25, 0.3) is 11.8 Å². The molecule has 0 aliphatic carbocycles. The summed E-state index contributed by atoms with van der Waals surface area (Å²) in [5.41, 5.74) is 1.03. The van der Waals surface area contributed by atoms with Crippen molar-refractivity contribution in [3.8, 4) is 11.5 Å². The largest absolute Gasteiger partial charge is 0.391 e. The molecule has 1 heterocycles. The third-order valence-electron chi connectivity index (χ3n) is 3.17. The summed E-state index contributed by atoms with van der Waals surface area (Å²) in [4.78, 5) is 16.5. The van der Waals surface area contributed by atoms with Crippen LogP contribution in [0.4, 0.5) is 0 Å². The first-order chi connectivity index (χ1) is 10.5. The number of nitrogens with zero attached hydrogens (tertiary/aromatic N) is 2. The van der Waals surface area contributed by atoms with Crippen molar-refractivity contribution >= 4 is 5.91 Å². The third kappa shape index (κ3) is 4.14. The first-order valence-electron chi connectivity index (χ1n) is 7.33. The Labute approximate surface area is 129 Å². The lowest BCUT2D eigenvalue weighted by Crippen LogP contribution is -2.33. The Morgan fingerprint density at radius 2 is 2.09 bits per heavy atom. The van der Waals surface area contributed by atoms with Crippen molar-refractivity contribution in [1.29, 1.82) is 0 Å². The zero-order valence-electron chi connectivity index (χ0n) is 13.0. The van der Waals surface area contributed by atoms with Crippen LogP contribution in [0.15, 0.2) is 28.8 Å². The molecule has 2 aromatic rings. The molecule has 0 aliphatic heterocycles. The number of nitrogens with one attached hydrogen (secondary N) is 1. The van der Waals surface area contributed by atoms with Crippen LogP contribution in [-0.4, -0.2) is 33.8 Å². The highest BCUT2D eigenvalue weighted by Gasteiger charge is 2.17. The van der Waals surface area contributed by atoms with Gasteiger partial charge in [0, 0.05) is 6.54 Å². The second-order valence-corrected chi connectivity index (χ2v) is 5.69. The zero-order chi connectivity index (χ0) is 16.1. The quantitative estimate of drug-likeness (QED) is 0.854. The van der Waals surface area contributed by atoms with E-state index in [-0.39, 0.29) is 12.5 Å². The Balaban J connectivity index is 2.10. The van der Waals surface area contributed by atoms with Crippen LogP contribution in [0.25, 0.3) is 11.5 Å². The van der Waals surface area contributed by atoms with Gasteiger partial charge in [-0.2, -0.15) is 4.98 Å². The van der Waals surface area contributed by atoms with Gasteiger partial charge >= 0.3 is 0 Å². The molecule has 22 heavy (non-hydrogen) atoms. The fourth-order valence-corrected chi connectivity index (χ4v) is 2.21. The van der Waals surface area contributed by atoms with E-state index in [4.69, 9.17) is 4.52 Å². The fourth-order valence-electron chi connectivity index (χ4n) is 2.21. The van der Waals surface area contributed by atoms with Crippen LogP contribution in [0, 0.1) is 12.8 Å². The number of rotatable bonds is 6. The van der Waals surface area contributed by atoms with E-state index in [1.165, 1.54) is 0 Å². The van der Waals surface area contributed by atoms with Crippen LogP contribution in [-0.2, 0) is 0 Å². The molecule has 1 unspecified atom stereocenters. The minimum absolute atomic E-state index is 0.216. The predicted molar refractivity (Wildman–Crippen MR) is 82.3 cm³/mol. The van der Waals surface area contributed by atoms with Gasteiger partial charge < -0.3 is 14.9 Å². The molecule has 0 aliphatic rings. The van der Waals surface area contributed by atoms with Crippen molar-refractivity contribution in [3.63, 3.8) is 0 Å². The number of carbonyl (C=O) groups is 1. The number of hydrogen-bond acceptors (Lipinski definition) is 5. The first kappa shape index (κ1) is 16.2. The Morgan fingerprint density at radius 1 is 1.36 bits per heavy atom. The molecule has 2 rings (SSSR count). The number of aliphatic hydroxyl groups is 1. The van der Waals surface area contributed by atoms with Crippen molar-refractivity contribution in [2.24, 2.45) is 5.92 Å². The minimum Gasteiger partial charge on any atom is -0.391 e. The van der Waals surface area contributed by atoms with Gasteiger partial charge in [0.1, 0.15) is 0 Å². The lowest BCUT2D eigenvalue weighted by molar-refractivity contribution is 0.0900. The third-order valence-corrected chi connectivity index (χ3v) is 3.17. The summed E-state index contributed by atoms with van der Waals surface area (Å²) in [7, 11) is 0. The molecule has 0 spiro atoms. The van der Waals surface area contributed by atoms with Crippen LogP contribution >= 0.6 is 0 Å². The van der Waals surface area contributed by atoms with E-state index in [1.807, 2.05) is 13.8 Å². The van der Waals surface area contributed by atoms with Crippen LogP contribution in [0.1, 0.15) is 36.5 Å². The first-order valence-corrected chi connectivity index (χ1v) is 7.33. The summed E-state index contributed by atoms with van der Waals surface area (Å²) in [5, 5.41) is 16.3. The molecule has 118 valence electrons. The Bertz CT molecular complexity index is 637. The van der Waals surface area contributed by atoms with Crippen LogP contribution < -0.4 is 5.32 Å². The monoisotopic (exact) mass is 303 g/mol. The van der Waals surface area contributed by atoms with Crippen molar-refractivity contribution in [1.82, 2.24) is 15.5 Å². The lowest BCUT2D eigenvalue weighted by atomic mass is 10.0. The Hall–Kier alpha value is -2.21. The standard InChI is InChI=1S/C16H21N3O3/c1-10(2)8-12(20)9-17-15(21)13-6-4-5-7-14(13)16-18-11(3)19-22-16/h4-7,10,12,20H,8-9H2,1-3H3,(H,17,21). The number of hydrogen-bond donors (Lipinski definition) is 2. The van der Waals surface area contributed by atoms with Gasteiger partial charge in [0.2, 0.25) is 0 Å². The molecule has 1 amide bonds. The maximum Gasteiger partial charge on any atom is 0.258 e. The zero-order valence-corrected chi connectivity index (χ0v) is 13.0. The molecule has 0 bridgehead atoms. The van der Waals surface area contributed by atoms with Crippen LogP contribution in [0.2, 0.25) is 0 Å². The highest BCUT2D eigenvalue weighted by molar-refractivity contribution is 5.99. The van der Waals surface area contributed by atoms with E-state index in [1.54, 1.807) is 31.2 Å². The van der Waals surface area contributed by atoms with E-state index in [0.29, 0.717) is 35.2 Å². The van der Waals surface area contributed by atoms with Crippen LogP contribution in [0.3, 0.4) is 0 Å². The number of aromatic nitrogens is 2. The number of amides is 1. The molecule has 0 saturated heterocycles. The van der Waals surface area contributed by atoms with E-state index in [2.05, 4.69) is 15.5 Å². The summed E-state index contributed by atoms with van der Waals surface area (Å²) in [6.45, 7) is 5.99. The summed E-state index contributed by atoms with van der Waals surface area (Å²) >= 11 is 0. The minimum atomic E-state index is -0.554. The molecular weight excluding hydrogens is 282 g/mol.